The molecular weight excluding hydrogens is 252 g/mol. The minimum absolute atomic E-state index is 0.172. The maximum absolute atomic E-state index is 5.93. The molecule has 5 nitrogen and oxygen atoms in total. The summed E-state index contributed by atoms with van der Waals surface area (Å²) in [6.45, 7) is 3.51. The monoisotopic (exact) mass is 268 g/mol. The maximum Gasteiger partial charge on any atom is 0.214 e. The lowest BCUT2D eigenvalue weighted by molar-refractivity contribution is 0.0795. The van der Waals surface area contributed by atoms with Crippen LogP contribution in [0.3, 0.4) is 0 Å². The zero-order valence-corrected chi connectivity index (χ0v) is 10.9. The summed E-state index contributed by atoms with van der Waals surface area (Å²) >= 11 is 5.64. The van der Waals surface area contributed by atoms with Crippen LogP contribution < -0.4 is 11.1 Å². The molecule has 0 bridgehead atoms. The van der Waals surface area contributed by atoms with Gasteiger partial charge in [0.1, 0.15) is 11.3 Å². The van der Waals surface area contributed by atoms with Gasteiger partial charge in [-0.2, -0.15) is 0 Å². The van der Waals surface area contributed by atoms with Crippen molar-refractivity contribution < 1.29 is 4.74 Å². The summed E-state index contributed by atoms with van der Waals surface area (Å²) in [5.41, 5.74) is 6.41. The van der Waals surface area contributed by atoms with Gasteiger partial charge in [-0.3, -0.25) is 0 Å². The molecule has 1 saturated carbocycles. The number of nitrogens with two attached hydrogens (primary N) is 1. The lowest BCUT2D eigenvalue weighted by Crippen LogP contribution is -2.23. The Morgan fingerprint density at radius 2 is 2.22 bits per heavy atom. The summed E-state index contributed by atoms with van der Waals surface area (Å²) in [5, 5.41) is 3.02. The molecule has 3 N–H and O–H groups in total. The molecule has 0 radical (unpaired) electrons. The number of amidine groups is 1. The summed E-state index contributed by atoms with van der Waals surface area (Å²) in [6.07, 6.45) is 7.42. The third-order valence-electron chi connectivity index (χ3n) is 2.93. The number of rotatable bonds is 3. The van der Waals surface area contributed by atoms with E-state index >= 15 is 0 Å². The highest BCUT2D eigenvalue weighted by atomic mass is 35.5. The predicted molar refractivity (Wildman–Crippen MR) is 73.2 cm³/mol. The number of aliphatic imine (C=N–C) groups is 2. The van der Waals surface area contributed by atoms with E-state index in [2.05, 4.69) is 21.9 Å². The second kappa shape index (κ2) is 5.91. The molecule has 98 valence electrons. The van der Waals surface area contributed by atoms with Crippen molar-refractivity contribution in [2.75, 3.05) is 0 Å². The minimum atomic E-state index is 0.172. The highest BCUT2D eigenvalue weighted by Gasteiger charge is 2.20. The second-order valence-corrected chi connectivity index (χ2v) is 4.77. The third-order valence-corrected chi connectivity index (χ3v) is 3.02. The van der Waals surface area contributed by atoms with Crippen LogP contribution in [0.2, 0.25) is 0 Å². The fraction of sp³-hybridized carbons (Fsp3) is 0.500. The van der Waals surface area contributed by atoms with Crippen molar-refractivity contribution >= 4 is 23.8 Å². The molecule has 0 unspecified atom stereocenters. The molecule has 18 heavy (non-hydrogen) atoms. The smallest absolute Gasteiger partial charge is 0.214 e. The zero-order chi connectivity index (χ0) is 13.0. The van der Waals surface area contributed by atoms with Gasteiger partial charge in [-0.1, -0.05) is 24.6 Å². The maximum atomic E-state index is 5.93. The average molecular weight is 269 g/mol. The zero-order valence-electron chi connectivity index (χ0n) is 10.2. The molecule has 6 heteroatoms. The summed E-state index contributed by atoms with van der Waals surface area (Å²) < 4.78 is 5.74. The first-order valence-corrected chi connectivity index (χ1v) is 6.43. The Hall–Kier alpha value is -1.49. The highest BCUT2D eigenvalue weighted by molar-refractivity contribution is 6.30. The van der Waals surface area contributed by atoms with E-state index in [4.69, 9.17) is 22.1 Å². The van der Waals surface area contributed by atoms with Gasteiger partial charge in [0.05, 0.1) is 6.34 Å². The Morgan fingerprint density at radius 1 is 1.50 bits per heavy atom. The number of nitrogens with one attached hydrogen (secondary N) is 1. The van der Waals surface area contributed by atoms with Gasteiger partial charge in [0, 0.05) is 0 Å². The molecule has 1 aliphatic heterocycles. The fourth-order valence-electron chi connectivity index (χ4n) is 2.09. The predicted octanol–water partition coefficient (Wildman–Crippen LogP) is 2.20. The van der Waals surface area contributed by atoms with Gasteiger partial charge in [0.2, 0.25) is 5.88 Å². The number of ether oxygens (including phenoxy) is 1. The molecule has 1 heterocycles. The average Bonchev–Trinajstić information content (AvgIpc) is 2.77. The van der Waals surface area contributed by atoms with Crippen LogP contribution >= 0.6 is 11.6 Å². The third kappa shape index (κ3) is 3.26. The highest BCUT2D eigenvalue weighted by Crippen LogP contribution is 2.23. The van der Waals surface area contributed by atoms with Crippen LogP contribution in [-0.4, -0.2) is 18.3 Å². The van der Waals surface area contributed by atoms with E-state index < -0.39 is 0 Å². The first-order valence-electron chi connectivity index (χ1n) is 6.06. The summed E-state index contributed by atoms with van der Waals surface area (Å²) in [7, 11) is 0. The first kappa shape index (κ1) is 13.0. The Morgan fingerprint density at radius 3 is 2.89 bits per heavy atom. The molecule has 1 fully saturated rings. The number of nitrogens with zero attached hydrogens (tertiary/aromatic N) is 2. The van der Waals surface area contributed by atoms with E-state index in [9.17, 15) is 0 Å². The van der Waals surface area contributed by atoms with Gasteiger partial charge in [-0.05, 0) is 25.7 Å². The van der Waals surface area contributed by atoms with Crippen LogP contribution in [0.15, 0.2) is 33.3 Å². The second-order valence-electron chi connectivity index (χ2n) is 4.33. The van der Waals surface area contributed by atoms with Gasteiger partial charge in [-0.15, -0.1) is 0 Å². The van der Waals surface area contributed by atoms with E-state index in [1.165, 1.54) is 25.6 Å². The van der Waals surface area contributed by atoms with Crippen molar-refractivity contribution in [3.05, 3.63) is 23.3 Å². The molecule has 0 atom stereocenters. The van der Waals surface area contributed by atoms with E-state index in [0.29, 0.717) is 17.4 Å². The number of halogens is 1. The van der Waals surface area contributed by atoms with E-state index in [1.807, 2.05) is 0 Å². The van der Waals surface area contributed by atoms with Crippen molar-refractivity contribution in [3.63, 3.8) is 0 Å². The Labute approximate surface area is 111 Å². The molecule has 0 aromatic rings. The molecular formula is C12H17ClN4O. The molecule has 0 amide bonds. The van der Waals surface area contributed by atoms with Crippen LogP contribution in [0.5, 0.6) is 0 Å². The molecule has 2 rings (SSSR count). The van der Waals surface area contributed by atoms with Crippen molar-refractivity contribution in [2.24, 2.45) is 15.7 Å². The standard InChI is InChI=1S/C12H17ClN4O/c1-8(13)17-12-10(15-7-16-12)11(14)18-9-5-3-2-4-6-9/h7,9H,1-6,14H2,(H,15,16,17)/b11-10-. The molecule has 0 saturated heterocycles. The van der Waals surface area contributed by atoms with Gasteiger partial charge >= 0.3 is 0 Å². The quantitative estimate of drug-likeness (QED) is 0.609. The van der Waals surface area contributed by atoms with Crippen LogP contribution in [0.4, 0.5) is 0 Å². The van der Waals surface area contributed by atoms with Gasteiger partial charge < -0.3 is 15.8 Å². The molecule has 1 aliphatic carbocycles. The van der Waals surface area contributed by atoms with E-state index in [0.717, 1.165) is 12.8 Å². The summed E-state index contributed by atoms with van der Waals surface area (Å²) in [6, 6.07) is 0. The first-order chi connectivity index (χ1) is 8.66. The van der Waals surface area contributed by atoms with Crippen molar-refractivity contribution in [3.8, 4) is 0 Å². The minimum Gasteiger partial charge on any atom is -0.474 e. The van der Waals surface area contributed by atoms with E-state index in [-0.39, 0.29) is 11.3 Å². The Bertz CT molecular complexity index is 422. The number of hydrogen-bond donors (Lipinski definition) is 2. The SMILES string of the molecule is C=C(Cl)/N=C1/NC=N/C1=C(/N)OC1CCCCC1. The van der Waals surface area contributed by atoms with Crippen LogP contribution in [0, 0.1) is 0 Å². The van der Waals surface area contributed by atoms with E-state index in [1.54, 1.807) is 0 Å². The molecule has 0 aromatic heterocycles. The van der Waals surface area contributed by atoms with Crippen LogP contribution in [0.1, 0.15) is 32.1 Å². The van der Waals surface area contributed by atoms with Gasteiger partial charge in [-0.25, -0.2) is 9.98 Å². The Kier molecular flexibility index (Phi) is 4.25. The van der Waals surface area contributed by atoms with Crippen LogP contribution in [0.25, 0.3) is 0 Å². The summed E-state index contributed by atoms with van der Waals surface area (Å²) in [5.74, 6) is 0.767. The lowest BCUT2D eigenvalue weighted by Gasteiger charge is -2.23. The topological polar surface area (TPSA) is 72.0 Å². The molecule has 2 aliphatic rings. The molecule has 0 spiro atoms. The van der Waals surface area contributed by atoms with Gasteiger partial charge in [0.15, 0.2) is 11.5 Å². The fourth-order valence-corrected chi connectivity index (χ4v) is 2.18. The van der Waals surface area contributed by atoms with Gasteiger partial charge in [0.25, 0.3) is 0 Å². The van der Waals surface area contributed by atoms with Crippen molar-refractivity contribution in [1.29, 1.82) is 0 Å². The lowest BCUT2D eigenvalue weighted by atomic mass is 9.98. The van der Waals surface area contributed by atoms with Crippen molar-refractivity contribution in [2.45, 2.75) is 38.2 Å². The van der Waals surface area contributed by atoms with Crippen LogP contribution in [-0.2, 0) is 4.74 Å². The molecule has 0 aromatic carbocycles. The largest absolute Gasteiger partial charge is 0.474 e. The Balaban J connectivity index is 2.08. The normalized spacial score (nSPS) is 25.1. The van der Waals surface area contributed by atoms with Crippen molar-refractivity contribution in [1.82, 2.24) is 5.32 Å². The number of hydrogen-bond acceptors (Lipinski definition) is 4. The summed E-state index contributed by atoms with van der Waals surface area (Å²) in [4.78, 5) is 8.10.